The zero-order valence-corrected chi connectivity index (χ0v) is 18.0. The van der Waals surface area contributed by atoms with E-state index in [2.05, 4.69) is 51.7 Å². The fourth-order valence-corrected chi connectivity index (χ4v) is 4.71. The Kier molecular flexibility index (Phi) is 5.93. The molecule has 4 rings (SSSR count). The van der Waals surface area contributed by atoms with Crippen molar-refractivity contribution in [3.8, 4) is 22.0 Å². The third-order valence-corrected chi connectivity index (χ3v) is 6.71. The van der Waals surface area contributed by atoms with Crippen molar-refractivity contribution in [1.82, 2.24) is 19.9 Å². The summed E-state index contributed by atoms with van der Waals surface area (Å²) in [6.07, 6.45) is 1.00. The summed E-state index contributed by atoms with van der Waals surface area (Å²) < 4.78 is 1.41. The number of nitrogens with two attached hydrogens (primary N) is 1. The number of amides is 1. The SMILES string of the molecule is CCc1ccc(-c2csc(NC(=O)CSc3nnc(-c4cccs4)n3N)n2)cc1. The Hall–Kier alpha value is -2.69. The van der Waals surface area contributed by atoms with E-state index >= 15 is 0 Å². The summed E-state index contributed by atoms with van der Waals surface area (Å²) in [5.74, 6) is 6.64. The molecule has 1 amide bonds. The molecule has 0 bridgehead atoms. The van der Waals surface area contributed by atoms with E-state index in [0.29, 0.717) is 16.1 Å². The van der Waals surface area contributed by atoms with Gasteiger partial charge in [0.15, 0.2) is 11.0 Å². The van der Waals surface area contributed by atoms with E-state index in [1.54, 1.807) is 0 Å². The maximum atomic E-state index is 12.3. The van der Waals surface area contributed by atoms with Crippen LogP contribution >= 0.6 is 34.4 Å². The number of carbonyl (C=O) groups excluding carboxylic acids is 1. The first-order chi connectivity index (χ1) is 14.1. The number of hydrogen-bond acceptors (Lipinski definition) is 8. The van der Waals surface area contributed by atoms with Gasteiger partial charge in [-0.1, -0.05) is 49.0 Å². The number of carbonyl (C=O) groups is 1. The highest BCUT2D eigenvalue weighted by Crippen LogP contribution is 2.27. The number of thioether (sulfide) groups is 1. The fraction of sp³-hybridized carbons (Fsp3) is 0.158. The van der Waals surface area contributed by atoms with Crippen molar-refractivity contribution in [2.45, 2.75) is 18.5 Å². The zero-order valence-electron chi connectivity index (χ0n) is 15.5. The Labute approximate surface area is 180 Å². The summed E-state index contributed by atoms with van der Waals surface area (Å²) in [5.41, 5.74) is 3.16. The molecule has 0 aliphatic rings. The van der Waals surface area contributed by atoms with E-state index in [4.69, 9.17) is 5.84 Å². The van der Waals surface area contributed by atoms with Crippen molar-refractivity contribution in [2.24, 2.45) is 0 Å². The predicted octanol–water partition coefficient (Wildman–Crippen LogP) is 4.14. The van der Waals surface area contributed by atoms with E-state index < -0.39 is 0 Å². The van der Waals surface area contributed by atoms with Gasteiger partial charge in [-0.05, 0) is 23.4 Å². The van der Waals surface area contributed by atoms with Crippen LogP contribution < -0.4 is 11.2 Å². The number of thiazole rings is 1. The highest BCUT2D eigenvalue weighted by molar-refractivity contribution is 7.99. The predicted molar refractivity (Wildman–Crippen MR) is 120 cm³/mol. The molecule has 0 fully saturated rings. The Morgan fingerprint density at radius 3 is 2.76 bits per heavy atom. The van der Waals surface area contributed by atoms with Gasteiger partial charge in [-0.15, -0.1) is 32.9 Å². The molecule has 7 nitrogen and oxygen atoms in total. The number of aryl methyl sites for hydroxylation is 1. The lowest BCUT2D eigenvalue weighted by Crippen LogP contribution is -2.16. The lowest BCUT2D eigenvalue weighted by atomic mass is 10.1. The Balaban J connectivity index is 1.35. The van der Waals surface area contributed by atoms with E-state index in [9.17, 15) is 4.79 Å². The summed E-state index contributed by atoms with van der Waals surface area (Å²) in [6, 6.07) is 12.1. The quantitative estimate of drug-likeness (QED) is 0.330. The highest BCUT2D eigenvalue weighted by Gasteiger charge is 2.15. The van der Waals surface area contributed by atoms with Crippen molar-refractivity contribution in [2.75, 3.05) is 16.9 Å². The molecule has 0 unspecified atom stereocenters. The molecule has 3 heterocycles. The molecule has 0 saturated carbocycles. The second kappa shape index (κ2) is 8.76. The van der Waals surface area contributed by atoms with Crippen LogP contribution in [0.4, 0.5) is 5.13 Å². The number of hydrogen-bond donors (Lipinski definition) is 2. The van der Waals surface area contributed by atoms with Crippen LogP contribution in [-0.2, 0) is 11.2 Å². The van der Waals surface area contributed by atoms with Crippen molar-refractivity contribution in [3.63, 3.8) is 0 Å². The van der Waals surface area contributed by atoms with Crippen LogP contribution in [0.15, 0.2) is 52.3 Å². The third kappa shape index (κ3) is 4.50. The van der Waals surface area contributed by atoms with Gasteiger partial charge >= 0.3 is 0 Å². The number of benzene rings is 1. The van der Waals surface area contributed by atoms with Gasteiger partial charge < -0.3 is 11.2 Å². The van der Waals surface area contributed by atoms with E-state index in [-0.39, 0.29) is 11.7 Å². The molecule has 3 N–H and O–H groups in total. The number of nitrogen functional groups attached to an aromatic ring is 1. The second-order valence-electron chi connectivity index (χ2n) is 6.08. The minimum Gasteiger partial charge on any atom is -0.335 e. The van der Waals surface area contributed by atoms with E-state index in [1.165, 1.54) is 44.7 Å². The molecular formula is C19H18N6OS3. The molecule has 4 aromatic rings. The van der Waals surface area contributed by atoms with Gasteiger partial charge in [-0.3, -0.25) is 4.79 Å². The van der Waals surface area contributed by atoms with Crippen LogP contribution in [0.3, 0.4) is 0 Å². The smallest absolute Gasteiger partial charge is 0.236 e. The van der Waals surface area contributed by atoms with Crippen molar-refractivity contribution in [3.05, 3.63) is 52.7 Å². The van der Waals surface area contributed by atoms with Crippen LogP contribution in [0.25, 0.3) is 22.0 Å². The number of anilines is 1. The number of thiophene rings is 1. The minimum absolute atomic E-state index is 0.167. The van der Waals surface area contributed by atoms with Gasteiger partial charge in [0.1, 0.15) is 0 Å². The summed E-state index contributed by atoms with van der Waals surface area (Å²) in [7, 11) is 0. The third-order valence-electron chi connectivity index (χ3n) is 4.15. The van der Waals surface area contributed by atoms with Gasteiger partial charge in [0.2, 0.25) is 11.1 Å². The molecule has 29 heavy (non-hydrogen) atoms. The molecule has 10 heteroatoms. The van der Waals surface area contributed by atoms with Crippen molar-refractivity contribution in [1.29, 1.82) is 0 Å². The van der Waals surface area contributed by atoms with Crippen LogP contribution in [-0.4, -0.2) is 31.5 Å². The van der Waals surface area contributed by atoms with Crippen molar-refractivity contribution >= 4 is 45.5 Å². The van der Waals surface area contributed by atoms with Gasteiger partial charge in [-0.2, -0.15) is 0 Å². The highest BCUT2D eigenvalue weighted by atomic mass is 32.2. The molecule has 0 atom stereocenters. The van der Waals surface area contributed by atoms with Gasteiger partial charge in [0.25, 0.3) is 0 Å². The number of nitrogens with zero attached hydrogens (tertiary/aromatic N) is 4. The van der Waals surface area contributed by atoms with E-state index in [0.717, 1.165) is 22.6 Å². The average Bonchev–Trinajstić information content (AvgIpc) is 3.48. The van der Waals surface area contributed by atoms with Crippen LogP contribution in [0.2, 0.25) is 0 Å². The molecule has 0 saturated heterocycles. The molecular weight excluding hydrogens is 424 g/mol. The molecule has 0 radical (unpaired) electrons. The molecule has 1 aromatic carbocycles. The van der Waals surface area contributed by atoms with Gasteiger partial charge in [-0.25, -0.2) is 9.66 Å². The fourth-order valence-electron chi connectivity index (χ4n) is 2.61. The maximum absolute atomic E-state index is 12.3. The molecule has 148 valence electrons. The molecule has 3 aromatic heterocycles. The summed E-state index contributed by atoms with van der Waals surface area (Å²) in [5, 5.41) is 15.9. The van der Waals surface area contributed by atoms with Gasteiger partial charge in [0, 0.05) is 10.9 Å². The van der Waals surface area contributed by atoms with Crippen LogP contribution in [0.1, 0.15) is 12.5 Å². The van der Waals surface area contributed by atoms with Gasteiger partial charge in [0.05, 0.1) is 16.3 Å². The second-order valence-corrected chi connectivity index (χ2v) is 8.83. The van der Waals surface area contributed by atoms with Crippen molar-refractivity contribution < 1.29 is 4.79 Å². The normalized spacial score (nSPS) is 10.9. The molecule has 0 spiro atoms. The Bertz CT molecular complexity index is 1100. The monoisotopic (exact) mass is 442 g/mol. The summed E-state index contributed by atoms with van der Waals surface area (Å²) >= 11 is 4.17. The zero-order chi connectivity index (χ0) is 20.2. The first kappa shape index (κ1) is 19.6. The lowest BCUT2D eigenvalue weighted by molar-refractivity contribution is -0.113. The largest absolute Gasteiger partial charge is 0.335 e. The minimum atomic E-state index is -0.169. The maximum Gasteiger partial charge on any atom is 0.236 e. The average molecular weight is 443 g/mol. The Morgan fingerprint density at radius 2 is 2.03 bits per heavy atom. The summed E-state index contributed by atoms with van der Waals surface area (Å²) in [6.45, 7) is 2.12. The molecule has 0 aliphatic heterocycles. The van der Waals surface area contributed by atoms with E-state index in [1.807, 2.05) is 22.9 Å². The number of aromatic nitrogens is 4. The number of nitrogens with one attached hydrogen (secondary N) is 1. The number of rotatable bonds is 7. The Morgan fingerprint density at radius 1 is 1.21 bits per heavy atom. The molecule has 0 aliphatic carbocycles. The first-order valence-corrected chi connectivity index (χ1v) is 11.6. The topological polar surface area (TPSA) is 98.7 Å². The van der Waals surface area contributed by atoms with Crippen LogP contribution in [0, 0.1) is 0 Å². The standard InChI is InChI=1S/C19H18N6OS3/c1-2-12-5-7-13(8-6-12)14-10-28-18(21-14)22-16(26)11-29-19-24-23-17(25(19)20)15-4-3-9-27-15/h3-10H,2,11,20H2,1H3,(H,21,22,26). The summed E-state index contributed by atoms with van der Waals surface area (Å²) in [4.78, 5) is 17.7. The first-order valence-electron chi connectivity index (χ1n) is 8.86. The lowest BCUT2D eigenvalue weighted by Gasteiger charge is -2.03. The van der Waals surface area contributed by atoms with Crippen LogP contribution in [0.5, 0.6) is 0 Å².